The van der Waals surface area contributed by atoms with Crippen LogP contribution in [0.3, 0.4) is 0 Å². The van der Waals surface area contributed by atoms with Crippen molar-refractivity contribution in [1.29, 1.82) is 0 Å². The number of halogens is 1. The van der Waals surface area contributed by atoms with E-state index in [-0.39, 0.29) is 25.1 Å². The van der Waals surface area contributed by atoms with Gasteiger partial charge in [-0.2, -0.15) is 0 Å². The number of fused-ring (bicyclic) bond motifs is 1. The molecule has 0 saturated carbocycles. The Balaban J connectivity index is 1.59. The first-order chi connectivity index (χ1) is 17.4. The summed E-state index contributed by atoms with van der Waals surface area (Å²) in [6.45, 7) is 4.15. The first kappa shape index (κ1) is 24.3. The van der Waals surface area contributed by atoms with E-state index in [2.05, 4.69) is 5.32 Å². The van der Waals surface area contributed by atoms with Crippen LogP contribution in [0.1, 0.15) is 56.1 Å². The molecule has 0 amide bonds. The number of allylic oxidation sites excluding steroid dienone is 3. The monoisotopic (exact) mass is 509 g/mol. The second-order valence-electron chi connectivity index (χ2n) is 9.15. The van der Waals surface area contributed by atoms with Crippen LogP contribution < -0.4 is 19.5 Å². The number of benzene rings is 2. The Morgan fingerprint density at radius 1 is 1.14 bits per heavy atom. The minimum absolute atomic E-state index is 0.00363. The number of dihydropyridines is 1. The number of ether oxygens (including phenoxy) is 4. The summed E-state index contributed by atoms with van der Waals surface area (Å²) >= 11 is 6.72. The molecule has 188 valence electrons. The van der Waals surface area contributed by atoms with Crippen molar-refractivity contribution in [3.8, 4) is 17.2 Å². The van der Waals surface area contributed by atoms with Gasteiger partial charge in [-0.1, -0.05) is 30.7 Å². The van der Waals surface area contributed by atoms with Crippen LogP contribution in [-0.4, -0.2) is 32.3 Å². The lowest BCUT2D eigenvalue weighted by molar-refractivity contribution is -0.139. The predicted molar refractivity (Wildman–Crippen MR) is 134 cm³/mol. The van der Waals surface area contributed by atoms with E-state index in [1.807, 2.05) is 38.1 Å². The topological polar surface area (TPSA) is 83.1 Å². The van der Waals surface area contributed by atoms with Crippen molar-refractivity contribution >= 4 is 23.4 Å². The Labute approximate surface area is 215 Å². The number of esters is 1. The van der Waals surface area contributed by atoms with Gasteiger partial charge in [-0.15, -0.1) is 0 Å². The van der Waals surface area contributed by atoms with Crippen molar-refractivity contribution in [2.75, 3.05) is 20.5 Å². The SMILES string of the molecule is CCCOC(=O)C1=C(C)NC2=C(C(=O)C[C@H](c3ccc(OC)cc3)C2)[C@@H]1c1cc2c(cc1Cl)OCO2. The molecule has 2 heterocycles. The van der Waals surface area contributed by atoms with Crippen molar-refractivity contribution in [2.45, 2.75) is 44.9 Å². The molecule has 0 fully saturated rings. The zero-order valence-corrected chi connectivity index (χ0v) is 21.2. The van der Waals surface area contributed by atoms with Crippen LogP contribution in [-0.2, 0) is 14.3 Å². The van der Waals surface area contributed by atoms with Crippen LogP contribution in [0.4, 0.5) is 0 Å². The first-order valence-electron chi connectivity index (χ1n) is 12.0. The smallest absolute Gasteiger partial charge is 0.336 e. The van der Waals surface area contributed by atoms with Crippen molar-refractivity contribution < 1.29 is 28.5 Å². The van der Waals surface area contributed by atoms with Crippen molar-refractivity contribution in [3.05, 3.63) is 75.1 Å². The summed E-state index contributed by atoms with van der Waals surface area (Å²) < 4.78 is 21.9. The Bertz CT molecular complexity index is 1280. The predicted octanol–water partition coefficient (Wildman–Crippen LogP) is 5.39. The van der Waals surface area contributed by atoms with Crippen LogP contribution >= 0.6 is 11.6 Å². The molecule has 3 aliphatic rings. The number of hydrogen-bond donors (Lipinski definition) is 1. The highest BCUT2D eigenvalue weighted by molar-refractivity contribution is 6.32. The van der Waals surface area contributed by atoms with E-state index in [1.165, 1.54) is 0 Å². The summed E-state index contributed by atoms with van der Waals surface area (Å²) in [5, 5.41) is 3.76. The normalized spacial score (nSPS) is 20.7. The molecule has 2 atom stereocenters. The van der Waals surface area contributed by atoms with Gasteiger partial charge in [-0.3, -0.25) is 4.79 Å². The number of nitrogens with one attached hydrogen (secondary N) is 1. The highest BCUT2D eigenvalue weighted by Gasteiger charge is 2.42. The molecule has 1 aliphatic carbocycles. The minimum atomic E-state index is -0.670. The van der Waals surface area contributed by atoms with Crippen LogP contribution in [0, 0.1) is 0 Å². The summed E-state index contributed by atoms with van der Waals surface area (Å²) in [7, 11) is 1.63. The van der Waals surface area contributed by atoms with Crippen molar-refractivity contribution in [2.24, 2.45) is 0 Å². The number of Topliss-reactive ketones (excluding diaryl/α,β-unsaturated/α-hetero) is 1. The van der Waals surface area contributed by atoms with E-state index in [1.54, 1.807) is 19.2 Å². The lowest BCUT2D eigenvalue weighted by Crippen LogP contribution is -2.36. The zero-order chi connectivity index (χ0) is 25.4. The van der Waals surface area contributed by atoms with E-state index in [0.29, 0.717) is 58.2 Å². The Morgan fingerprint density at radius 3 is 2.56 bits per heavy atom. The molecule has 8 heteroatoms. The van der Waals surface area contributed by atoms with E-state index in [4.69, 9.17) is 30.5 Å². The fourth-order valence-electron chi connectivity index (χ4n) is 5.16. The minimum Gasteiger partial charge on any atom is -0.497 e. The lowest BCUT2D eigenvalue weighted by Gasteiger charge is -2.37. The zero-order valence-electron chi connectivity index (χ0n) is 20.5. The molecular formula is C28H28ClNO6. The number of methoxy groups -OCH3 is 1. The summed E-state index contributed by atoms with van der Waals surface area (Å²) in [5.41, 5.74) is 4.07. The second-order valence-corrected chi connectivity index (χ2v) is 9.56. The fraction of sp³-hybridized carbons (Fsp3) is 0.357. The number of rotatable bonds is 6. The van der Waals surface area contributed by atoms with Gasteiger partial charge >= 0.3 is 5.97 Å². The Kier molecular flexibility index (Phi) is 6.67. The maximum absolute atomic E-state index is 13.8. The van der Waals surface area contributed by atoms with Gasteiger partial charge in [0.15, 0.2) is 17.3 Å². The maximum Gasteiger partial charge on any atom is 0.336 e. The number of hydrogen-bond acceptors (Lipinski definition) is 7. The third-order valence-corrected chi connectivity index (χ3v) is 7.20. The molecule has 0 unspecified atom stereocenters. The van der Waals surface area contributed by atoms with Crippen LogP contribution in [0.2, 0.25) is 5.02 Å². The summed E-state index contributed by atoms with van der Waals surface area (Å²) in [5.74, 6) is 0.684. The molecule has 0 bridgehead atoms. The summed E-state index contributed by atoms with van der Waals surface area (Å²) in [4.78, 5) is 27.0. The second kappa shape index (κ2) is 9.90. The highest BCUT2D eigenvalue weighted by Crippen LogP contribution is 2.49. The van der Waals surface area contributed by atoms with Gasteiger partial charge in [-0.05, 0) is 55.0 Å². The maximum atomic E-state index is 13.8. The van der Waals surface area contributed by atoms with E-state index < -0.39 is 11.9 Å². The Hall–Kier alpha value is -3.45. The molecule has 0 saturated heterocycles. The average Bonchev–Trinajstić information content (AvgIpc) is 3.33. The average molecular weight is 510 g/mol. The van der Waals surface area contributed by atoms with Gasteiger partial charge in [0.1, 0.15) is 5.75 Å². The third-order valence-electron chi connectivity index (χ3n) is 6.87. The van der Waals surface area contributed by atoms with Crippen LogP contribution in [0.15, 0.2) is 58.9 Å². The van der Waals surface area contributed by atoms with Gasteiger partial charge in [0.25, 0.3) is 0 Å². The molecule has 36 heavy (non-hydrogen) atoms. The van der Waals surface area contributed by atoms with Gasteiger partial charge in [-0.25, -0.2) is 4.79 Å². The summed E-state index contributed by atoms with van der Waals surface area (Å²) in [6.07, 6.45) is 1.64. The molecule has 2 aromatic rings. The van der Waals surface area contributed by atoms with Gasteiger partial charge < -0.3 is 24.3 Å². The van der Waals surface area contributed by atoms with Gasteiger partial charge in [0.05, 0.1) is 19.3 Å². The molecule has 2 aliphatic heterocycles. The fourth-order valence-corrected chi connectivity index (χ4v) is 5.42. The number of carbonyl (C=O) groups is 2. The van der Waals surface area contributed by atoms with Crippen molar-refractivity contribution in [3.63, 3.8) is 0 Å². The lowest BCUT2D eigenvalue weighted by atomic mass is 9.71. The molecule has 0 radical (unpaired) electrons. The standard InChI is InChI=1S/C28H28ClNO6/c1-4-9-34-28(32)25-15(2)30-21-10-17(16-5-7-18(33-3)8-6-16)11-22(31)27(21)26(25)19-12-23-24(13-20(19)29)36-14-35-23/h5-8,12-13,17,26,30H,4,9-11,14H2,1-3H3/t17-,26-/m1/s1. The van der Waals surface area contributed by atoms with Gasteiger partial charge in [0.2, 0.25) is 6.79 Å². The van der Waals surface area contributed by atoms with Crippen LogP contribution in [0.5, 0.6) is 17.2 Å². The molecular weight excluding hydrogens is 482 g/mol. The largest absolute Gasteiger partial charge is 0.497 e. The van der Waals surface area contributed by atoms with Crippen LogP contribution in [0.25, 0.3) is 0 Å². The quantitative estimate of drug-likeness (QED) is 0.522. The molecule has 2 aromatic carbocycles. The van der Waals surface area contributed by atoms with E-state index >= 15 is 0 Å². The molecule has 1 N–H and O–H groups in total. The molecule has 7 nitrogen and oxygen atoms in total. The molecule has 0 spiro atoms. The number of ketones is 1. The van der Waals surface area contributed by atoms with E-state index in [0.717, 1.165) is 17.0 Å². The third kappa shape index (κ3) is 4.32. The molecule has 5 rings (SSSR count). The Morgan fingerprint density at radius 2 is 1.86 bits per heavy atom. The number of carbonyl (C=O) groups excluding carboxylic acids is 2. The van der Waals surface area contributed by atoms with E-state index in [9.17, 15) is 9.59 Å². The highest BCUT2D eigenvalue weighted by atomic mass is 35.5. The van der Waals surface area contributed by atoms with Gasteiger partial charge in [0, 0.05) is 40.4 Å². The first-order valence-corrected chi connectivity index (χ1v) is 12.4. The van der Waals surface area contributed by atoms with Crippen molar-refractivity contribution in [1.82, 2.24) is 5.32 Å². The molecule has 0 aromatic heterocycles. The summed E-state index contributed by atoms with van der Waals surface area (Å²) in [6, 6.07) is 11.2.